The van der Waals surface area contributed by atoms with Crippen LogP contribution in [0.15, 0.2) is 35.1 Å². The lowest BCUT2D eigenvalue weighted by Gasteiger charge is -2.12. The van der Waals surface area contributed by atoms with Gasteiger partial charge in [-0.25, -0.2) is 0 Å². The summed E-state index contributed by atoms with van der Waals surface area (Å²) < 4.78 is 17.5. The topological polar surface area (TPSA) is 91.4 Å². The quantitative estimate of drug-likeness (QED) is 0.688. The first-order valence-electron chi connectivity index (χ1n) is 8.45. The van der Waals surface area contributed by atoms with Gasteiger partial charge >= 0.3 is 0 Å². The van der Waals surface area contributed by atoms with Crippen LogP contribution in [0.5, 0.6) is 11.5 Å². The van der Waals surface area contributed by atoms with Crippen LogP contribution in [0.4, 0.5) is 5.69 Å². The standard InChI is InChI=1S/C19H22N4O4/c1-12-16(13(2)27-22-12)11-23-10-15(9-20-23)21-18(24)8-14-6-5-7-17(25-3)19(14)26-4/h5-7,9-10H,8,11H2,1-4H3,(H,21,24). The Morgan fingerprint density at radius 3 is 2.74 bits per heavy atom. The number of anilines is 1. The van der Waals surface area contributed by atoms with Crippen molar-refractivity contribution in [1.82, 2.24) is 14.9 Å². The Bertz CT molecular complexity index is 926. The van der Waals surface area contributed by atoms with Gasteiger partial charge in [0.1, 0.15) is 5.76 Å². The van der Waals surface area contributed by atoms with Gasteiger partial charge in [0, 0.05) is 17.3 Å². The maximum atomic E-state index is 12.4. The van der Waals surface area contributed by atoms with Gasteiger partial charge in [0.15, 0.2) is 11.5 Å². The Labute approximate surface area is 157 Å². The summed E-state index contributed by atoms with van der Waals surface area (Å²) in [5, 5.41) is 11.1. The molecule has 3 aromatic rings. The Kier molecular flexibility index (Phi) is 5.44. The van der Waals surface area contributed by atoms with E-state index in [2.05, 4.69) is 15.6 Å². The van der Waals surface area contributed by atoms with Crippen molar-refractivity contribution in [2.75, 3.05) is 19.5 Å². The highest BCUT2D eigenvalue weighted by molar-refractivity contribution is 5.92. The molecule has 3 rings (SSSR count). The SMILES string of the molecule is COc1cccc(CC(=O)Nc2cnn(Cc3c(C)noc3C)c2)c1OC. The second-order valence-corrected chi connectivity index (χ2v) is 6.11. The lowest BCUT2D eigenvalue weighted by atomic mass is 10.1. The number of nitrogens with zero attached hydrogens (tertiary/aromatic N) is 3. The van der Waals surface area contributed by atoms with E-state index in [4.69, 9.17) is 14.0 Å². The molecular formula is C19H22N4O4. The Hall–Kier alpha value is -3.29. The van der Waals surface area contributed by atoms with Crippen molar-refractivity contribution in [1.29, 1.82) is 0 Å². The van der Waals surface area contributed by atoms with E-state index in [0.29, 0.717) is 23.7 Å². The van der Waals surface area contributed by atoms with E-state index in [1.54, 1.807) is 37.4 Å². The minimum Gasteiger partial charge on any atom is -0.493 e. The van der Waals surface area contributed by atoms with Crippen LogP contribution >= 0.6 is 0 Å². The normalized spacial score (nSPS) is 10.7. The summed E-state index contributed by atoms with van der Waals surface area (Å²) in [5.41, 5.74) is 3.18. The predicted octanol–water partition coefficient (Wildman–Crippen LogP) is 2.73. The minimum atomic E-state index is -0.168. The number of carbonyl (C=O) groups is 1. The van der Waals surface area contributed by atoms with Crippen molar-refractivity contribution >= 4 is 11.6 Å². The van der Waals surface area contributed by atoms with Gasteiger partial charge in [-0.15, -0.1) is 0 Å². The number of ether oxygens (including phenoxy) is 2. The maximum Gasteiger partial charge on any atom is 0.229 e. The number of nitrogens with one attached hydrogen (secondary N) is 1. The molecule has 0 spiro atoms. The summed E-state index contributed by atoms with van der Waals surface area (Å²) in [4.78, 5) is 12.4. The zero-order chi connectivity index (χ0) is 19.4. The van der Waals surface area contributed by atoms with Gasteiger partial charge in [-0.1, -0.05) is 17.3 Å². The van der Waals surface area contributed by atoms with Gasteiger partial charge in [0.05, 0.1) is 44.8 Å². The molecule has 0 radical (unpaired) electrons. The van der Waals surface area contributed by atoms with Gasteiger partial charge in [0.2, 0.25) is 5.91 Å². The monoisotopic (exact) mass is 370 g/mol. The maximum absolute atomic E-state index is 12.4. The van der Waals surface area contributed by atoms with Gasteiger partial charge in [0.25, 0.3) is 0 Å². The Balaban J connectivity index is 1.67. The molecule has 1 amide bonds. The first kappa shape index (κ1) is 18.5. The van der Waals surface area contributed by atoms with Crippen LogP contribution in [-0.4, -0.2) is 35.1 Å². The number of aryl methyl sites for hydroxylation is 2. The molecule has 0 aliphatic carbocycles. The average Bonchev–Trinajstić information content (AvgIpc) is 3.22. The summed E-state index contributed by atoms with van der Waals surface area (Å²) >= 11 is 0. The van der Waals surface area contributed by atoms with Crippen molar-refractivity contribution in [2.45, 2.75) is 26.8 Å². The van der Waals surface area contributed by atoms with Crippen molar-refractivity contribution in [3.8, 4) is 11.5 Å². The fourth-order valence-electron chi connectivity index (χ4n) is 2.88. The van der Waals surface area contributed by atoms with Crippen LogP contribution in [0.1, 0.15) is 22.6 Å². The zero-order valence-corrected chi connectivity index (χ0v) is 15.8. The third kappa shape index (κ3) is 4.11. The average molecular weight is 370 g/mol. The Morgan fingerprint density at radius 2 is 2.07 bits per heavy atom. The van der Waals surface area contributed by atoms with E-state index in [0.717, 1.165) is 22.6 Å². The van der Waals surface area contributed by atoms with Crippen LogP contribution < -0.4 is 14.8 Å². The smallest absolute Gasteiger partial charge is 0.229 e. The first-order chi connectivity index (χ1) is 13.0. The number of benzene rings is 1. The summed E-state index contributed by atoms with van der Waals surface area (Å²) in [7, 11) is 3.12. The molecule has 142 valence electrons. The summed E-state index contributed by atoms with van der Waals surface area (Å²) in [6.07, 6.45) is 3.54. The van der Waals surface area contributed by atoms with Crippen molar-refractivity contribution in [3.05, 3.63) is 53.2 Å². The minimum absolute atomic E-state index is 0.162. The third-order valence-electron chi connectivity index (χ3n) is 4.25. The molecule has 0 fully saturated rings. The van der Waals surface area contributed by atoms with E-state index < -0.39 is 0 Å². The van der Waals surface area contributed by atoms with Crippen LogP contribution in [-0.2, 0) is 17.8 Å². The van der Waals surface area contributed by atoms with Crippen LogP contribution in [0.25, 0.3) is 0 Å². The number of methoxy groups -OCH3 is 2. The highest BCUT2D eigenvalue weighted by Crippen LogP contribution is 2.31. The molecular weight excluding hydrogens is 348 g/mol. The van der Waals surface area contributed by atoms with Crippen molar-refractivity contribution < 1.29 is 18.8 Å². The van der Waals surface area contributed by atoms with E-state index in [1.807, 2.05) is 26.0 Å². The van der Waals surface area contributed by atoms with E-state index in [-0.39, 0.29) is 12.3 Å². The zero-order valence-electron chi connectivity index (χ0n) is 15.8. The highest BCUT2D eigenvalue weighted by atomic mass is 16.5. The van der Waals surface area contributed by atoms with Crippen LogP contribution in [0.2, 0.25) is 0 Å². The second-order valence-electron chi connectivity index (χ2n) is 6.11. The lowest BCUT2D eigenvalue weighted by molar-refractivity contribution is -0.115. The summed E-state index contributed by atoms with van der Waals surface area (Å²) in [6.45, 7) is 4.28. The van der Waals surface area contributed by atoms with E-state index >= 15 is 0 Å². The fourth-order valence-corrected chi connectivity index (χ4v) is 2.88. The van der Waals surface area contributed by atoms with Crippen LogP contribution in [0.3, 0.4) is 0 Å². The molecule has 1 N–H and O–H groups in total. The van der Waals surface area contributed by atoms with Crippen molar-refractivity contribution in [3.63, 3.8) is 0 Å². The molecule has 27 heavy (non-hydrogen) atoms. The lowest BCUT2D eigenvalue weighted by Crippen LogP contribution is -2.14. The predicted molar refractivity (Wildman–Crippen MR) is 99.2 cm³/mol. The molecule has 0 unspecified atom stereocenters. The van der Waals surface area contributed by atoms with Crippen LogP contribution in [0, 0.1) is 13.8 Å². The molecule has 0 bridgehead atoms. The molecule has 0 aliphatic rings. The molecule has 2 heterocycles. The molecule has 8 heteroatoms. The van der Waals surface area contributed by atoms with Gasteiger partial charge in [-0.3, -0.25) is 9.48 Å². The van der Waals surface area contributed by atoms with E-state index in [9.17, 15) is 4.79 Å². The number of aromatic nitrogens is 3. The number of amides is 1. The van der Waals surface area contributed by atoms with E-state index in [1.165, 1.54) is 0 Å². The number of hydrogen-bond donors (Lipinski definition) is 1. The molecule has 0 saturated heterocycles. The molecule has 0 atom stereocenters. The summed E-state index contributed by atoms with van der Waals surface area (Å²) in [5.74, 6) is 1.75. The molecule has 2 aromatic heterocycles. The van der Waals surface area contributed by atoms with Gasteiger partial charge < -0.3 is 19.3 Å². The highest BCUT2D eigenvalue weighted by Gasteiger charge is 2.14. The third-order valence-corrected chi connectivity index (χ3v) is 4.25. The number of para-hydroxylation sites is 1. The molecule has 0 saturated carbocycles. The van der Waals surface area contributed by atoms with Crippen molar-refractivity contribution in [2.24, 2.45) is 0 Å². The molecule has 1 aromatic carbocycles. The van der Waals surface area contributed by atoms with Gasteiger partial charge in [-0.05, 0) is 19.9 Å². The Morgan fingerprint density at radius 1 is 1.26 bits per heavy atom. The number of rotatable bonds is 7. The number of hydrogen-bond acceptors (Lipinski definition) is 6. The fraction of sp³-hybridized carbons (Fsp3) is 0.316. The number of carbonyl (C=O) groups excluding carboxylic acids is 1. The summed E-state index contributed by atoms with van der Waals surface area (Å²) in [6, 6.07) is 5.45. The molecule has 8 nitrogen and oxygen atoms in total. The second kappa shape index (κ2) is 7.94. The first-order valence-corrected chi connectivity index (χ1v) is 8.45. The molecule has 0 aliphatic heterocycles. The van der Waals surface area contributed by atoms with Gasteiger partial charge in [-0.2, -0.15) is 5.10 Å². The largest absolute Gasteiger partial charge is 0.493 e.